The van der Waals surface area contributed by atoms with Crippen LogP contribution in [0.2, 0.25) is 0 Å². The number of aromatic amines is 1. The monoisotopic (exact) mass is 201 g/mol. The number of rotatable bonds is 0. The van der Waals surface area contributed by atoms with E-state index in [9.17, 15) is 0 Å². The molecule has 0 saturated carbocycles. The average molecular weight is 201 g/mol. The van der Waals surface area contributed by atoms with Crippen LogP contribution in [0.25, 0.3) is 21.1 Å². The highest BCUT2D eigenvalue weighted by molar-refractivity contribution is 7.16. The molecule has 13 heavy (non-hydrogen) atoms. The van der Waals surface area contributed by atoms with Crippen molar-refractivity contribution in [2.75, 3.05) is 0 Å². The Morgan fingerprint density at radius 3 is 3.23 bits per heavy atom. The zero-order chi connectivity index (χ0) is 8.84. The van der Waals surface area contributed by atoms with Gasteiger partial charge < -0.3 is 4.98 Å². The molecule has 0 aliphatic rings. The third-order valence-corrected chi connectivity index (χ3v) is 3.16. The van der Waals surface area contributed by atoms with E-state index < -0.39 is 0 Å². The lowest BCUT2D eigenvalue weighted by molar-refractivity contribution is 1.48. The molecule has 2 aromatic heterocycles. The SMILES string of the molecule is [Si]c1cc2ccc3scnc3c2[nH]1. The highest BCUT2D eigenvalue weighted by Crippen LogP contribution is 2.24. The lowest BCUT2D eigenvalue weighted by Gasteiger charge is -1.89. The fourth-order valence-corrected chi connectivity index (χ4v) is 2.49. The fourth-order valence-electron chi connectivity index (χ4n) is 1.52. The maximum Gasteiger partial charge on any atom is 0.105 e. The number of benzene rings is 1. The van der Waals surface area contributed by atoms with Gasteiger partial charge in [-0.25, -0.2) is 4.98 Å². The molecule has 0 fully saturated rings. The first kappa shape index (κ1) is 7.29. The summed E-state index contributed by atoms with van der Waals surface area (Å²) in [4.78, 5) is 7.57. The maximum absolute atomic E-state index is 4.33. The number of H-pyrrole nitrogens is 1. The molecule has 0 unspecified atom stereocenters. The number of thiazole rings is 1. The second-order valence-electron chi connectivity index (χ2n) is 2.91. The number of aromatic nitrogens is 2. The minimum atomic E-state index is 0.996. The van der Waals surface area contributed by atoms with E-state index in [0.29, 0.717) is 0 Å². The minimum absolute atomic E-state index is 0.996. The summed E-state index contributed by atoms with van der Waals surface area (Å²) >= 11 is 1.66. The van der Waals surface area contributed by atoms with E-state index in [1.807, 2.05) is 5.51 Å². The largest absolute Gasteiger partial charge is 0.361 e. The molecule has 2 heterocycles. The van der Waals surface area contributed by atoms with Crippen LogP contribution in [-0.2, 0) is 0 Å². The summed E-state index contributed by atoms with van der Waals surface area (Å²) in [6.45, 7) is 0. The van der Waals surface area contributed by atoms with Gasteiger partial charge in [0.2, 0.25) is 0 Å². The van der Waals surface area contributed by atoms with Crippen LogP contribution in [0.1, 0.15) is 0 Å². The van der Waals surface area contributed by atoms with Crippen LogP contribution < -0.4 is 5.32 Å². The molecule has 3 aromatic rings. The maximum atomic E-state index is 4.33. The van der Waals surface area contributed by atoms with Crippen molar-refractivity contribution in [2.24, 2.45) is 0 Å². The van der Waals surface area contributed by atoms with E-state index in [4.69, 9.17) is 0 Å². The number of hydrogen-bond acceptors (Lipinski definition) is 2. The second kappa shape index (κ2) is 2.43. The molecular weight excluding hydrogens is 196 g/mol. The molecule has 2 nitrogen and oxygen atoms in total. The molecule has 3 rings (SSSR count). The quantitative estimate of drug-likeness (QED) is 0.550. The van der Waals surface area contributed by atoms with Crippen LogP contribution in [-0.4, -0.2) is 20.2 Å². The third kappa shape index (κ3) is 0.958. The minimum Gasteiger partial charge on any atom is -0.361 e. The predicted octanol–water partition coefficient (Wildman–Crippen LogP) is 1.57. The zero-order valence-corrected chi connectivity index (χ0v) is 8.48. The van der Waals surface area contributed by atoms with Gasteiger partial charge in [0, 0.05) is 5.39 Å². The van der Waals surface area contributed by atoms with Gasteiger partial charge in [0.25, 0.3) is 0 Å². The first-order valence-electron chi connectivity index (χ1n) is 3.91. The number of hydrogen-bond donors (Lipinski definition) is 1. The molecule has 0 bridgehead atoms. The van der Waals surface area contributed by atoms with Crippen molar-refractivity contribution in [3.8, 4) is 0 Å². The Labute approximate surface area is 82.0 Å². The van der Waals surface area contributed by atoms with Crippen molar-refractivity contribution in [3.05, 3.63) is 23.7 Å². The first-order chi connectivity index (χ1) is 6.34. The smallest absolute Gasteiger partial charge is 0.105 e. The van der Waals surface area contributed by atoms with Crippen LogP contribution >= 0.6 is 11.3 Å². The van der Waals surface area contributed by atoms with E-state index in [-0.39, 0.29) is 0 Å². The molecule has 0 aliphatic heterocycles. The third-order valence-electron chi connectivity index (χ3n) is 2.09. The van der Waals surface area contributed by atoms with Gasteiger partial charge in [-0.1, -0.05) is 6.07 Å². The Balaban J connectivity index is 2.64. The standard InChI is InChI=1S/C9H5N2SSi/c13-7-3-5-1-2-6-9(8(5)11-7)10-4-12-6/h1-4,11H. The second-order valence-corrected chi connectivity index (χ2v) is 4.34. The summed E-state index contributed by atoms with van der Waals surface area (Å²) < 4.78 is 1.22. The molecule has 0 amide bonds. The van der Waals surface area contributed by atoms with Crippen molar-refractivity contribution in [1.82, 2.24) is 9.97 Å². The Morgan fingerprint density at radius 1 is 1.38 bits per heavy atom. The Morgan fingerprint density at radius 2 is 2.31 bits per heavy atom. The zero-order valence-electron chi connectivity index (χ0n) is 6.66. The lowest BCUT2D eigenvalue weighted by atomic mass is 10.2. The predicted molar refractivity (Wildman–Crippen MR) is 56.9 cm³/mol. The van der Waals surface area contributed by atoms with Crippen LogP contribution in [0.4, 0.5) is 0 Å². The summed E-state index contributed by atoms with van der Waals surface area (Å²) in [7, 11) is 3.47. The Bertz CT molecular complexity index is 581. The van der Waals surface area contributed by atoms with Crippen LogP contribution in [0.5, 0.6) is 0 Å². The molecule has 0 saturated heterocycles. The average Bonchev–Trinajstić information content (AvgIpc) is 2.65. The molecule has 4 heteroatoms. The van der Waals surface area contributed by atoms with Gasteiger partial charge in [0.05, 0.1) is 26.0 Å². The van der Waals surface area contributed by atoms with Crippen molar-refractivity contribution in [1.29, 1.82) is 0 Å². The van der Waals surface area contributed by atoms with Gasteiger partial charge in [-0.15, -0.1) is 11.3 Å². The van der Waals surface area contributed by atoms with E-state index in [2.05, 4.69) is 38.4 Å². The normalized spacial score (nSPS) is 11.5. The highest BCUT2D eigenvalue weighted by atomic mass is 32.1. The topological polar surface area (TPSA) is 28.7 Å². The molecule has 0 aliphatic carbocycles. The van der Waals surface area contributed by atoms with E-state index in [1.54, 1.807) is 11.3 Å². The molecular formula is C9H5N2SSi. The Kier molecular flexibility index (Phi) is 1.36. The van der Waals surface area contributed by atoms with Crippen molar-refractivity contribution in [2.45, 2.75) is 0 Å². The number of fused-ring (bicyclic) bond motifs is 3. The molecule has 0 spiro atoms. The van der Waals surface area contributed by atoms with Gasteiger partial charge >= 0.3 is 0 Å². The van der Waals surface area contributed by atoms with Gasteiger partial charge in [0.1, 0.15) is 5.52 Å². The Hall–Kier alpha value is -1.13. The molecule has 61 valence electrons. The van der Waals surface area contributed by atoms with Crippen LogP contribution in [0.15, 0.2) is 23.7 Å². The molecule has 0 atom stereocenters. The van der Waals surface area contributed by atoms with Crippen molar-refractivity contribution < 1.29 is 0 Å². The summed E-state index contributed by atoms with van der Waals surface area (Å²) in [6, 6.07) is 6.27. The van der Waals surface area contributed by atoms with Crippen LogP contribution in [0, 0.1) is 0 Å². The van der Waals surface area contributed by atoms with Crippen molar-refractivity contribution >= 4 is 48.0 Å². The molecule has 1 aromatic carbocycles. The first-order valence-corrected chi connectivity index (χ1v) is 5.29. The molecule has 1 N–H and O–H groups in total. The summed E-state index contributed by atoms with van der Waals surface area (Å²) in [5.74, 6) is 0. The van der Waals surface area contributed by atoms with E-state index >= 15 is 0 Å². The van der Waals surface area contributed by atoms with Gasteiger partial charge in [-0.05, 0) is 17.4 Å². The number of nitrogens with one attached hydrogen (secondary N) is 1. The molecule has 3 radical (unpaired) electrons. The fraction of sp³-hybridized carbons (Fsp3) is 0. The van der Waals surface area contributed by atoms with Gasteiger partial charge in [-0.3, -0.25) is 0 Å². The summed E-state index contributed by atoms with van der Waals surface area (Å²) in [6.07, 6.45) is 0. The summed E-state index contributed by atoms with van der Waals surface area (Å²) in [5.41, 5.74) is 4.05. The van der Waals surface area contributed by atoms with E-state index in [1.165, 1.54) is 10.1 Å². The lowest BCUT2D eigenvalue weighted by Crippen LogP contribution is -1.99. The number of nitrogens with zero attached hydrogens (tertiary/aromatic N) is 1. The van der Waals surface area contributed by atoms with E-state index in [0.717, 1.165) is 16.4 Å². The highest BCUT2D eigenvalue weighted by Gasteiger charge is 2.04. The van der Waals surface area contributed by atoms with Crippen LogP contribution in [0.3, 0.4) is 0 Å². The summed E-state index contributed by atoms with van der Waals surface area (Å²) in [5, 5.41) is 2.19. The van der Waals surface area contributed by atoms with Crippen molar-refractivity contribution in [3.63, 3.8) is 0 Å². The van der Waals surface area contributed by atoms with Gasteiger partial charge in [-0.2, -0.15) is 0 Å². The van der Waals surface area contributed by atoms with Gasteiger partial charge in [0.15, 0.2) is 0 Å².